The Kier molecular flexibility index (Phi) is 6.96. The molecular weight excluding hydrogens is 490 g/mol. The van der Waals surface area contributed by atoms with E-state index >= 15 is 4.39 Å². The molecule has 1 fully saturated rings. The van der Waals surface area contributed by atoms with E-state index in [0.29, 0.717) is 24.3 Å². The van der Waals surface area contributed by atoms with Crippen LogP contribution in [0.4, 0.5) is 19.4 Å². The van der Waals surface area contributed by atoms with Crippen LogP contribution in [0.15, 0.2) is 30.6 Å². The Morgan fingerprint density at radius 1 is 1.11 bits per heavy atom. The number of benzene rings is 2. The maximum absolute atomic E-state index is 15.9. The van der Waals surface area contributed by atoms with Crippen LogP contribution in [-0.2, 0) is 4.74 Å². The van der Waals surface area contributed by atoms with Crippen LogP contribution in [-0.4, -0.2) is 58.8 Å². The van der Waals surface area contributed by atoms with E-state index in [1.807, 2.05) is 39.5 Å². The number of carbonyl (C=O) groups is 1. The number of hydrogen-bond donors (Lipinski definition) is 0. The number of piperazine rings is 1. The number of methoxy groups -OCH3 is 1. The number of carbonyl (C=O) groups excluding carboxylic acids is 1. The Hall–Kier alpha value is -3.20. The van der Waals surface area contributed by atoms with Crippen molar-refractivity contribution in [2.24, 2.45) is 0 Å². The second-order valence-electron chi connectivity index (χ2n) is 9.95. The largest absolute Gasteiger partial charge is 0.496 e. The number of amides is 1. The lowest BCUT2D eigenvalue weighted by molar-refractivity contribution is 0.00562. The fourth-order valence-electron chi connectivity index (χ4n) is 4.68. The number of rotatable bonds is 3. The predicted molar refractivity (Wildman–Crippen MR) is 136 cm³/mol. The Morgan fingerprint density at radius 3 is 2.39 bits per heavy atom. The fourth-order valence-corrected chi connectivity index (χ4v) is 4.97. The standard InChI is InChI=1S/C26H29ClF2N4O3/c1-14-11-32(12-15(2)33(14)25(34)36-26(3,4)5)24-16-10-17(27)20(22(29)23(16)30-13-31-24)21-18(28)8-7-9-19(21)35-6/h7-10,13-15H,11-12H2,1-6H3/t14-,15+. The summed E-state index contributed by atoms with van der Waals surface area (Å²) < 4.78 is 41.4. The predicted octanol–water partition coefficient (Wildman–Crippen LogP) is 6.07. The molecule has 1 amide bonds. The van der Waals surface area contributed by atoms with Gasteiger partial charge in [-0.25, -0.2) is 23.5 Å². The second-order valence-corrected chi connectivity index (χ2v) is 10.4. The van der Waals surface area contributed by atoms with Crippen molar-refractivity contribution >= 4 is 34.4 Å². The molecule has 0 bridgehead atoms. The third-order valence-electron chi connectivity index (χ3n) is 6.07. The number of anilines is 1. The summed E-state index contributed by atoms with van der Waals surface area (Å²) in [6, 6.07) is 5.38. The van der Waals surface area contributed by atoms with Crippen molar-refractivity contribution in [2.45, 2.75) is 52.3 Å². The van der Waals surface area contributed by atoms with Gasteiger partial charge in [0.25, 0.3) is 0 Å². The molecular formula is C26H29ClF2N4O3. The van der Waals surface area contributed by atoms with Crippen molar-refractivity contribution in [1.82, 2.24) is 14.9 Å². The van der Waals surface area contributed by atoms with Gasteiger partial charge in [-0.3, -0.25) is 4.90 Å². The summed E-state index contributed by atoms with van der Waals surface area (Å²) in [4.78, 5) is 25.0. The summed E-state index contributed by atoms with van der Waals surface area (Å²) in [5.74, 6) is -0.788. The first kappa shape index (κ1) is 25.9. The molecule has 2 heterocycles. The van der Waals surface area contributed by atoms with Gasteiger partial charge in [-0.2, -0.15) is 0 Å². The van der Waals surface area contributed by atoms with Crippen LogP contribution in [0.5, 0.6) is 5.75 Å². The van der Waals surface area contributed by atoms with Crippen molar-refractivity contribution in [2.75, 3.05) is 25.1 Å². The third-order valence-corrected chi connectivity index (χ3v) is 6.37. The van der Waals surface area contributed by atoms with E-state index in [-0.39, 0.29) is 45.6 Å². The highest BCUT2D eigenvalue weighted by atomic mass is 35.5. The number of halogens is 3. The molecule has 10 heteroatoms. The van der Waals surface area contributed by atoms with E-state index in [0.717, 1.165) is 0 Å². The lowest BCUT2D eigenvalue weighted by atomic mass is 10.0. The number of hydrogen-bond acceptors (Lipinski definition) is 6. The van der Waals surface area contributed by atoms with Gasteiger partial charge in [0.1, 0.15) is 34.8 Å². The van der Waals surface area contributed by atoms with Crippen molar-refractivity contribution in [1.29, 1.82) is 0 Å². The minimum Gasteiger partial charge on any atom is -0.496 e. The monoisotopic (exact) mass is 518 g/mol. The minimum atomic E-state index is -0.766. The fraction of sp³-hybridized carbons (Fsp3) is 0.423. The van der Waals surface area contributed by atoms with Gasteiger partial charge in [0, 0.05) is 24.0 Å². The molecule has 1 aromatic heterocycles. The molecule has 0 aliphatic carbocycles. The van der Waals surface area contributed by atoms with E-state index in [4.69, 9.17) is 21.1 Å². The second kappa shape index (κ2) is 9.69. The third kappa shape index (κ3) is 4.76. The molecule has 0 radical (unpaired) electrons. The summed E-state index contributed by atoms with van der Waals surface area (Å²) in [6.45, 7) is 10.2. The Balaban J connectivity index is 1.75. The van der Waals surface area contributed by atoms with Gasteiger partial charge in [0.15, 0.2) is 5.82 Å². The molecule has 192 valence electrons. The van der Waals surface area contributed by atoms with Crippen LogP contribution < -0.4 is 9.64 Å². The van der Waals surface area contributed by atoms with Crippen LogP contribution in [0, 0.1) is 11.6 Å². The molecule has 0 N–H and O–H groups in total. The van der Waals surface area contributed by atoms with Gasteiger partial charge in [-0.1, -0.05) is 17.7 Å². The van der Waals surface area contributed by atoms with Crippen molar-refractivity contribution in [3.63, 3.8) is 0 Å². The molecule has 3 aromatic rings. The SMILES string of the molecule is COc1cccc(F)c1-c1c(Cl)cc2c(N3C[C@@H](C)N(C(=O)OC(C)(C)C)[C@@H](C)C3)ncnc2c1F. The van der Waals surface area contributed by atoms with Crippen LogP contribution >= 0.6 is 11.6 Å². The maximum atomic E-state index is 15.9. The maximum Gasteiger partial charge on any atom is 0.410 e. The van der Waals surface area contributed by atoms with Crippen molar-refractivity contribution in [3.8, 4) is 16.9 Å². The zero-order valence-corrected chi connectivity index (χ0v) is 21.9. The molecule has 1 aliphatic rings. The van der Waals surface area contributed by atoms with Gasteiger partial charge < -0.3 is 14.4 Å². The van der Waals surface area contributed by atoms with Gasteiger partial charge >= 0.3 is 6.09 Å². The van der Waals surface area contributed by atoms with Crippen LogP contribution in [0.3, 0.4) is 0 Å². The van der Waals surface area contributed by atoms with E-state index < -0.39 is 17.2 Å². The van der Waals surface area contributed by atoms with Gasteiger partial charge in [0.05, 0.1) is 29.8 Å². The molecule has 4 rings (SSSR count). The molecule has 1 saturated heterocycles. The quantitative estimate of drug-likeness (QED) is 0.419. The molecule has 36 heavy (non-hydrogen) atoms. The number of aromatic nitrogens is 2. The lowest BCUT2D eigenvalue weighted by Crippen LogP contribution is -2.59. The zero-order valence-electron chi connectivity index (χ0n) is 21.1. The zero-order chi connectivity index (χ0) is 26.4. The summed E-state index contributed by atoms with van der Waals surface area (Å²) in [7, 11) is 1.38. The average Bonchev–Trinajstić information content (AvgIpc) is 2.78. The normalized spacial score (nSPS) is 18.5. The highest BCUT2D eigenvalue weighted by Gasteiger charge is 2.36. The van der Waals surface area contributed by atoms with E-state index in [2.05, 4.69) is 9.97 Å². The summed E-state index contributed by atoms with van der Waals surface area (Å²) >= 11 is 6.53. The number of fused-ring (bicyclic) bond motifs is 1. The summed E-state index contributed by atoms with van der Waals surface area (Å²) in [6.07, 6.45) is 0.888. The minimum absolute atomic E-state index is 0.00735. The molecule has 2 aromatic carbocycles. The first-order valence-corrected chi connectivity index (χ1v) is 12.0. The smallest absolute Gasteiger partial charge is 0.410 e. The number of ether oxygens (including phenoxy) is 2. The topological polar surface area (TPSA) is 67.8 Å². The first-order chi connectivity index (χ1) is 16.9. The average molecular weight is 519 g/mol. The van der Waals surface area contributed by atoms with Crippen LogP contribution in [0.1, 0.15) is 34.6 Å². The van der Waals surface area contributed by atoms with Gasteiger partial charge in [-0.15, -0.1) is 0 Å². The van der Waals surface area contributed by atoms with Gasteiger partial charge in [0.2, 0.25) is 0 Å². The molecule has 1 aliphatic heterocycles. The molecule has 0 unspecified atom stereocenters. The lowest BCUT2D eigenvalue weighted by Gasteiger charge is -2.45. The summed E-state index contributed by atoms with van der Waals surface area (Å²) in [5, 5.41) is 0.400. The Morgan fingerprint density at radius 2 is 1.78 bits per heavy atom. The van der Waals surface area contributed by atoms with Crippen molar-refractivity contribution in [3.05, 3.63) is 47.2 Å². The van der Waals surface area contributed by atoms with Gasteiger partial charge in [-0.05, 0) is 52.8 Å². The molecule has 0 spiro atoms. The molecule has 2 atom stereocenters. The van der Waals surface area contributed by atoms with Crippen molar-refractivity contribution < 1.29 is 23.0 Å². The Labute approximate surface area is 214 Å². The first-order valence-electron chi connectivity index (χ1n) is 11.6. The highest BCUT2D eigenvalue weighted by Crippen LogP contribution is 2.42. The molecule has 0 saturated carbocycles. The van der Waals surface area contributed by atoms with E-state index in [1.54, 1.807) is 11.0 Å². The van der Waals surface area contributed by atoms with Crippen LogP contribution in [0.25, 0.3) is 22.0 Å². The van der Waals surface area contributed by atoms with E-state index in [9.17, 15) is 9.18 Å². The summed E-state index contributed by atoms with van der Waals surface area (Å²) in [5.41, 5.74) is -0.790. The molecule has 7 nitrogen and oxygen atoms in total. The van der Waals surface area contributed by atoms with E-state index in [1.165, 1.54) is 31.6 Å². The highest BCUT2D eigenvalue weighted by molar-refractivity contribution is 6.34. The van der Waals surface area contributed by atoms with Crippen LogP contribution in [0.2, 0.25) is 5.02 Å². The Bertz CT molecular complexity index is 1300. The number of nitrogens with zero attached hydrogens (tertiary/aromatic N) is 4.